The second kappa shape index (κ2) is 4.65. The number of hydrogen-bond donors (Lipinski definition) is 0. The van der Waals surface area contributed by atoms with E-state index in [1.54, 1.807) is 5.32 Å². The highest BCUT2D eigenvalue weighted by molar-refractivity contribution is 6.91. The number of aromatic nitrogens is 2. The Hall–Kier alpha value is -1.09. The molecule has 92 valence electrons. The van der Waals surface area contributed by atoms with Gasteiger partial charge in [-0.1, -0.05) is 38.9 Å². The molecule has 0 fully saturated rings. The molecule has 2 nitrogen and oxygen atoms in total. The molecule has 0 aliphatic carbocycles. The molecule has 0 aromatic carbocycles. The average Bonchev–Trinajstić information content (AvgIpc) is 2.72. The molecule has 0 N–H and O–H groups in total. The fourth-order valence-electron chi connectivity index (χ4n) is 2.96. The van der Waals surface area contributed by atoms with Gasteiger partial charge in [-0.15, -0.1) is 0 Å². The molecule has 0 radical (unpaired) electrons. The summed E-state index contributed by atoms with van der Waals surface area (Å²) in [5.41, 5.74) is 2.42. The molecule has 0 bridgehead atoms. The summed E-state index contributed by atoms with van der Waals surface area (Å²) >= 11 is 0. The number of rotatable bonds is 4. The zero-order chi connectivity index (χ0) is 12.5. The Bertz CT molecular complexity index is 504. The van der Waals surface area contributed by atoms with Gasteiger partial charge in [-0.2, -0.15) is 0 Å². The van der Waals surface area contributed by atoms with Gasteiger partial charge < -0.3 is 4.57 Å². The largest absolute Gasteiger partial charge is 0.350 e. The molecular weight excluding hydrogens is 224 g/mol. The van der Waals surface area contributed by atoms with Gasteiger partial charge in [0, 0.05) is 18.6 Å². The first-order valence-corrected chi connectivity index (χ1v) is 9.21. The average molecular weight is 246 g/mol. The minimum absolute atomic E-state index is 1.15. The van der Waals surface area contributed by atoms with E-state index in [1.165, 1.54) is 23.6 Å². The summed E-state index contributed by atoms with van der Waals surface area (Å²) in [4.78, 5) is 4.48. The Balaban J connectivity index is 2.65. The van der Waals surface area contributed by atoms with Crippen LogP contribution in [0.1, 0.15) is 20.8 Å². The fraction of sp³-hybridized carbons (Fsp3) is 0.500. The first-order chi connectivity index (χ1) is 8.18. The zero-order valence-electron chi connectivity index (χ0n) is 11.3. The third-order valence-corrected chi connectivity index (χ3v) is 10.0. The Labute approximate surface area is 105 Å². The van der Waals surface area contributed by atoms with E-state index in [9.17, 15) is 0 Å². The normalized spacial score (nSPS) is 12.2. The van der Waals surface area contributed by atoms with Gasteiger partial charge >= 0.3 is 0 Å². The van der Waals surface area contributed by atoms with E-state index >= 15 is 0 Å². The van der Waals surface area contributed by atoms with Gasteiger partial charge in [0.05, 0.1) is 11.0 Å². The molecule has 0 atom stereocenters. The van der Waals surface area contributed by atoms with Gasteiger partial charge in [-0.3, -0.25) is 4.98 Å². The standard InChI is InChI=1S/C14H22N2Si/c1-5-17(6-2,7-3)14-11-12-13(16(14)4)9-8-10-15-12/h8-11H,5-7H2,1-4H3. The van der Waals surface area contributed by atoms with Crippen molar-refractivity contribution < 1.29 is 0 Å². The lowest BCUT2D eigenvalue weighted by Crippen LogP contribution is -2.48. The van der Waals surface area contributed by atoms with Crippen LogP contribution < -0.4 is 5.32 Å². The number of nitrogens with zero attached hydrogens (tertiary/aromatic N) is 2. The highest BCUT2D eigenvalue weighted by atomic mass is 28.3. The first-order valence-electron chi connectivity index (χ1n) is 6.59. The van der Waals surface area contributed by atoms with Crippen LogP contribution in [0.2, 0.25) is 18.1 Å². The first kappa shape index (κ1) is 12.4. The van der Waals surface area contributed by atoms with Crippen LogP contribution in [0.4, 0.5) is 0 Å². The molecule has 2 aromatic rings. The van der Waals surface area contributed by atoms with Crippen LogP contribution in [0.3, 0.4) is 0 Å². The van der Waals surface area contributed by atoms with Gasteiger partial charge in [0.25, 0.3) is 0 Å². The monoisotopic (exact) mass is 246 g/mol. The highest BCUT2D eigenvalue weighted by Gasteiger charge is 2.32. The molecule has 0 aliphatic rings. The Morgan fingerprint density at radius 2 is 1.82 bits per heavy atom. The molecule has 2 rings (SSSR count). The van der Waals surface area contributed by atoms with E-state index in [0.29, 0.717) is 0 Å². The third-order valence-electron chi connectivity index (χ3n) is 4.39. The second-order valence-electron chi connectivity index (χ2n) is 4.84. The van der Waals surface area contributed by atoms with Crippen LogP contribution >= 0.6 is 0 Å². The molecule has 0 unspecified atom stereocenters. The molecule has 2 aromatic heterocycles. The Morgan fingerprint density at radius 3 is 2.35 bits per heavy atom. The van der Waals surface area contributed by atoms with E-state index in [4.69, 9.17) is 0 Å². The maximum absolute atomic E-state index is 4.48. The Kier molecular flexibility index (Phi) is 3.38. The molecule has 17 heavy (non-hydrogen) atoms. The quantitative estimate of drug-likeness (QED) is 0.757. The molecule has 3 heteroatoms. The summed E-state index contributed by atoms with van der Waals surface area (Å²) in [6.45, 7) is 7.05. The fourth-order valence-corrected chi connectivity index (χ4v) is 6.82. The summed E-state index contributed by atoms with van der Waals surface area (Å²) in [7, 11) is 0.898. The van der Waals surface area contributed by atoms with Crippen molar-refractivity contribution in [1.29, 1.82) is 0 Å². The van der Waals surface area contributed by atoms with Crippen molar-refractivity contribution in [3.8, 4) is 0 Å². The molecule has 0 saturated carbocycles. The van der Waals surface area contributed by atoms with E-state index in [0.717, 1.165) is 5.52 Å². The maximum atomic E-state index is 4.48. The van der Waals surface area contributed by atoms with Crippen molar-refractivity contribution in [2.24, 2.45) is 7.05 Å². The number of fused-ring (bicyclic) bond motifs is 1. The molecule has 0 amide bonds. The van der Waals surface area contributed by atoms with Gasteiger partial charge in [0.2, 0.25) is 0 Å². The molecule has 0 spiro atoms. The van der Waals surface area contributed by atoms with Gasteiger partial charge in [-0.05, 0) is 18.2 Å². The summed E-state index contributed by atoms with van der Waals surface area (Å²) in [6, 6.07) is 10.5. The number of hydrogen-bond acceptors (Lipinski definition) is 1. The van der Waals surface area contributed by atoms with Crippen molar-refractivity contribution in [3.63, 3.8) is 0 Å². The molecular formula is C14H22N2Si. The van der Waals surface area contributed by atoms with Crippen LogP contribution in [-0.4, -0.2) is 17.6 Å². The Morgan fingerprint density at radius 1 is 1.18 bits per heavy atom. The minimum atomic E-state index is -1.30. The summed E-state index contributed by atoms with van der Waals surface area (Å²) in [5, 5.41) is 1.57. The van der Waals surface area contributed by atoms with Crippen molar-refractivity contribution in [3.05, 3.63) is 24.4 Å². The summed E-state index contributed by atoms with van der Waals surface area (Å²) in [6.07, 6.45) is 1.89. The van der Waals surface area contributed by atoms with Crippen LogP contribution in [0, 0.1) is 0 Å². The van der Waals surface area contributed by atoms with Crippen LogP contribution in [0.15, 0.2) is 24.4 Å². The highest BCUT2D eigenvalue weighted by Crippen LogP contribution is 2.23. The summed E-state index contributed by atoms with van der Waals surface area (Å²) < 4.78 is 2.38. The van der Waals surface area contributed by atoms with Crippen molar-refractivity contribution >= 4 is 24.4 Å². The van der Waals surface area contributed by atoms with Gasteiger partial charge in [0.15, 0.2) is 0 Å². The van der Waals surface area contributed by atoms with Crippen LogP contribution in [0.5, 0.6) is 0 Å². The van der Waals surface area contributed by atoms with Crippen LogP contribution in [0.25, 0.3) is 11.0 Å². The van der Waals surface area contributed by atoms with E-state index < -0.39 is 8.07 Å². The maximum Gasteiger partial charge on any atom is 0.107 e. The second-order valence-corrected chi connectivity index (χ2v) is 10.0. The number of aryl methyl sites for hydroxylation is 1. The predicted octanol–water partition coefficient (Wildman–Crippen LogP) is 3.29. The predicted molar refractivity (Wildman–Crippen MR) is 77.5 cm³/mol. The lowest BCUT2D eigenvalue weighted by atomic mass is 10.4. The molecule has 0 aliphatic heterocycles. The van der Waals surface area contributed by atoms with Crippen molar-refractivity contribution in [2.75, 3.05) is 0 Å². The third kappa shape index (κ3) is 1.82. The van der Waals surface area contributed by atoms with E-state index in [1.807, 2.05) is 12.3 Å². The summed E-state index contributed by atoms with van der Waals surface area (Å²) in [5.74, 6) is 0. The van der Waals surface area contributed by atoms with E-state index in [2.05, 4.69) is 49.5 Å². The lowest BCUT2D eigenvalue weighted by Gasteiger charge is -2.28. The topological polar surface area (TPSA) is 17.8 Å². The number of pyridine rings is 1. The lowest BCUT2D eigenvalue weighted by molar-refractivity contribution is 0.982. The van der Waals surface area contributed by atoms with Crippen molar-refractivity contribution in [2.45, 2.75) is 38.9 Å². The minimum Gasteiger partial charge on any atom is -0.350 e. The SMILES string of the molecule is CC[Si](CC)(CC)c1cc2ncccc2n1C. The molecule has 2 heterocycles. The van der Waals surface area contributed by atoms with Crippen molar-refractivity contribution in [1.82, 2.24) is 9.55 Å². The smallest absolute Gasteiger partial charge is 0.107 e. The van der Waals surface area contributed by atoms with E-state index in [-0.39, 0.29) is 0 Å². The van der Waals surface area contributed by atoms with Gasteiger partial charge in [-0.25, -0.2) is 0 Å². The molecule has 0 saturated heterocycles. The zero-order valence-corrected chi connectivity index (χ0v) is 12.3. The van der Waals surface area contributed by atoms with Crippen LogP contribution in [-0.2, 0) is 7.05 Å². The van der Waals surface area contributed by atoms with Gasteiger partial charge in [0.1, 0.15) is 8.07 Å².